The Labute approximate surface area is 117 Å². The molecule has 0 aromatic heterocycles. The number of rotatable bonds is 5. The van der Waals surface area contributed by atoms with Crippen LogP contribution in [0.1, 0.15) is 59.8 Å². The van der Waals surface area contributed by atoms with Crippen molar-refractivity contribution in [3.8, 4) is 0 Å². The average Bonchev–Trinajstić information content (AvgIpc) is 2.51. The first-order chi connectivity index (χ1) is 8.37. The Bertz CT molecular complexity index is 276. The molecule has 0 aliphatic carbocycles. The van der Waals surface area contributed by atoms with Gasteiger partial charge < -0.3 is 4.90 Å². The lowest BCUT2D eigenvalue weighted by molar-refractivity contribution is -0.134. The fraction of sp³-hybridized carbons (Fsp3) is 0.933. The summed E-state index contributed by atoms with van der Waals surface area (Å²) >= 11 is 1.91. The molecule has 1 rings (SSSR count). The molecule has 1 aliphatic heterocycles. The van der Waals surface area contributed by atoms with E-state index in [-0.39, 0.29) is 4.75 Å². The maximum atomic E-state index is 12.3. The summed E-state index contributed by atoms with van der Waals surface area (Å²) < 4.78 is 0.252. The van der Waals surface area contributed by atoms with Crippen molar-refractivity contribution in [2.75, 3.05) is 12.8 Å². The van der Waals surface area contributed by atoms with E-state index in [9.17, 15) is 4.79 Å². The standard InChI is InChI=1S/C15H29NOS/c1-12(2)13(11-15(3,4)18-5)16-10-8-6-7-9-14(16)17/h12-13H,6-11H2,1-5H3. The molecule has 18 heavy (non-hydrogen) atoms. The largest absolute Gasteiger partial charge is 0.339 e. The Morgan fingerprint density at radius 3 is 2.50 bits per heavy atom. The Balaban J connectivity index is 2.79. The number of likely N-dealkylation sites (tertiary alicyclic amines) is 1. The van der Waals surface area contributed by atoms with Crippen molar-refractivity contribution in [2.24, 2.45) is 5.92 Å². The smallest absolute Gasteiger partial charge is 0.222 e. The van der Waals surface area contributed by atoms with Gasteiger partial charge in [0.25, 0.3) is 0 Å². The Morgan fingerprint density at radius 2 is 1.94 bits per heavy atom. The van der Waals surface area contributed by atoms with Crippen LogP contribution in [-0.2, 0) is 4.79 Å². The Hall–Kier alpha value is -0.180. The summed E-state index contributed by atoms with van der Waals surface area (Å²) in [4.78, 5) is 14.4. The molecule has 0 spiro atoms. The first-order valence-electron chi connectivity index (χ1n) is 7.22. The van der Waals surface area contributed by atoms with Gasteiger partial charge in [-0.25, -0.2) is 0 Å². The molecule has 0 aromatic carbocycles. The molecule has 1 saturated heterocycles. The molecule has 1 heterocycles. The van der Waals surface area contributed by atoms with Gasteiger partial charge in [-0.3, -0.25) is 4.79 Å². The van der Waals surface area contributed by atoms with Crippen molar-refractivity contribution in [2.45, 2.75) is 70.6 Å². The van der Waals surface area contributed by atoms with Crippen LogP contribution in [-0.4, -0.2) is 34.4 Å². The second-order valence-electron chi connectivity index (χ2n) is 6.38. The van der Waals surface area contributed by atoms with Crippen molar-refractivity contribution < 1.29 is 4.79 Å². The molecule has 1 unspecified atom stereocenters. The van der Waals surface area contributed by atoms with Crippen LogP contribution in [0.3, 0.4) is 0 Å². The third-order valence-electron chi connectivity index (χ3n) is 4.03. The highest BCUT2D eigenvalue weighted by molar-refractivity contribution is 7.99. The van der Waals surface area contributed by atoms with Crippen LogP contribution < -0.4 is 0 Å². The molecule has 1 amide bonds. The first kappa shape index (κ1) is 15.9. The third-order valence-corrected chi connectivity index (χ3v) is 5.31. The van der Waals surface area contributed by atoms with E-state index < -0.39 is 0 Å². The normalized spacial score (nSPS) is 20.1. The SMILES string of the molecule is CSC(C)(C)CC(C(C)C)N1CCCCCC1=O. The Morgan fingerprint density at radius 1 is 1.28 bits per heavy atom. The zero-order valence-electron chi connectivity index (χ0n) is 12.7. The van der Waals surface area contributed by atoms with Crippen molar-refractivity contribution in [1.29, 1.82) is 0 Å². The van der Waals surface area contributed by atoms with E-state index in [1.54, 1.807) is 0 Å². The van der Waals surface area contributed by atoms with Crippen LogP contribution in [0.15, 0.2) is 0 Å². The molecular weight excluding hydrogens is 242 g/mol. The summed E-state index contributed by atoms with van der Waals surface area (Å²) in [5.41, 5.74) is 0. The topological polar surface area (TPSA) is 20.3 Å². The number of amides is 1. The molecule has 0 radical (unpaired) electrons. The van der Waals surface area contributed by atoms with E-state index >= 15 is 0 Å². The van der Waals surface area contributed by atoms with Gasteiger partial charge in [0.05, 0.1) is 0 Å². The summed E-state index contributed by atoms with van der Waals surface area (Å²) in [6, 6.07) is 0.401. The lowest BCUT2D eigenvalue weighted by Gasteiger charge is -2.38. The minimum Gasteiger partial charge on any atom is -0.339 e. The van der Waals surface area contributed by atoms with Gasteiger partial charge in [0.15, 0.2) is 0 Å². The van der Waals surface area contributed by atoms with Gasteiger partial charge in [-0.05, 0) is 31.4 Å². The molecule has 0 saturated carbocycles. The van der Waals surface area contributed by atoms with Crippen LogP contribution in [0, 0.1) is 5.92 Å². The fourth-order valence-electron chi connectivity index (χ4n) is 2.65. The van der Waals surface area contributed by atoms with Crippen molar-refractivity contribution in [1.82, 2.24) is 4.90 Å². The molecule has 1 atom stereocenters. The predicted octanol–water partition coefficient (Wildman–Crippen LogP) is 3.95. The van der Waals surface area contributed by atoms with Gasteiger partial charge in [-0.15, -0.1) is 0 Å². The van der Waals surface area contributed by atoms with Gasteiger partial charge in [0.1, 0.15) is 0 Å². The molecule has 0 N–H and O–H groups in total. The van der Waals surface area contributed by atoms with E-state index in [0.717, 1.165) is 25.8 Å². The van der Waals surface area contributed by atoms with Crippen molar-refractivity contribution >= 4 is 17.7 Å². The summed E-state index contributed by atoms with van der Waals surface area (Å²) in [6.45, 7) is 10.0. The van der Waals surface area contributed by atoms with E-state index in [4.69, 9.17) is 0 Å². The predicted molar refractivity (Wildman–Crippen MR) is 81.0 cm³/mol. The van der Waals surface area contributed by atoms with Crippen molar-refractivity contribution in [3.63, 3.8) is 0 Å². The minimum absolute atomic E-state index is 0.252. The maximum absolute atomic E-state index is 12.3. The maximum Gasteiger partial charge on any atom is 0.222 e. The summed E-state index contributed by atoms with van der Waals surface area (Å²) in [5.74, 6) is 0.918. The molecular formula is C15H29NOS. The van der Waals surface area contributed by atoms with Crippen LogP contribution >= 0.6 is 11.8 Å². The summed E-state index contributed by atoms with van der Waals surface area (Å²) in [5, 5.41) is 0. The second kappa shape index (κ2) is 6.83. The van der Waals surface area contributed by atoms with Crippen LogP contribution in [0.4, 0.5) is 0 Å². The lowest BCUT2D eigenvalue weighted by Crippen LogP contribution is -2.46. The number of carbonyl (C=O) groups is 1. The monoisotopic (exact) mass is 271 g/mol. The highest BCUT2D eigenvalue weighted by Gasteiger charge is 2.32. The number of thioether (sulfide) groups is 1. The lowest BCUT2D eigenvalue weighted by atomic mass is 9.92. The Kier molecular flexibility index (Phi) is 6.03. The molecule has 1 fully saturated rings. The molecule has 0 bridgehead atoms. The van der Waals surface area contributed by atoms with Crippen LogP contribution in [0.5, 0.6) is 0 Å². The van der Waals surface area contributed by atoms with Gasteiger partial charge in [-0.2, -0.15) is 11.8 Å². The van der Waals surface area contributed by atoms with E-state index in [2.05, 4.69) is 38.9 Å². The highest BCUT2D eigenvalue weighted by atomic mass is 32.2. The zero-order chi connectivity index (χ0) is 13.8. The minimum atomic E-state index is 0.252. The number of hydrogen-bond donors (Lipinski definition) is 0. The van der Waals surface area contributed by atoms with Gasteiger partial charge in [-0.1, -0.05) is 34.1 Å². The summed E-state index contributed by atoms with van der Waals surface area (Å²) in [6.07, 6.45) is 7.47. The molecule has 106 valence electrons. The molecule has 1 aliphatic rings. The van der Waals surface area contributed by atoms with E-state index in [1.807, 2.05) is 11.8 Å². The fourth-order valence-corrected chi connectivity index (χ4v) is 2.98. The highest BCUT2D eigenvalue weighted by Crippen LogP contribution is 2.32. The summed E-state index contributed by atoms with van der Waals surface area (Å²) in [7, 11) is 0. The second-order valence-corrected chi connectivity index (χ2v) is 7.89. The van der Waals surface area contributed by atoms with Crippen LogP contribution in [0.2, 0.25) is 0 Å². The number of carbonyl (C=O) groups excluding carboxylic acids is 1. The molecule has 0 aromatic rings. The van der Waals surface area contributed by atoms with Gasteiger partial charge >= 0.3 is 0 Å². The van der Waals surface area contributed by atoms with Gasteiger partial charge in [0, 0.05) is 23.8 Å². The zero-order valence-corrected chi connectivity index (χ0v) is 13.5. The van der Waals surface area contributed by atoms with Gasteiger partial charge in [0.2, 0.25) is 5.91 Å². The molecule has 3 heteroatoms. The number of hydrogen-bond acceptors (Lipinski definition) is 2. The molecule has 2 nitrogen and oxygen atoms in total. The van der Waals surface area contributed by atoms with Crippen molar-refractivity contribution in [3.05, 3.63) is 0 Å². The first-order valence-corrected chi connectivity index (χ1v) is 8.44. The quantitative estimate of drug-likeness (QED) is 0.754. The number of nitrogens with zero attached hydrogens (tertiary/aromatic N) is 1. The van der Waals surface area contributed by atoms with E-state index in [0.29, 0.717) is 17.9 Å². The van der Waals surface area contributed by atoms with E-state index in [1.165, 1.54) is 12.8 Å². The van der Waals surface area contributed by atoms with Crippen LogP contribution in [0.25, 0.3) is 0 Å². The average molecular weight is 271 g/mol. The third kappa shape index (κ3) is 4.49.